The van der Waals surface area contributed by atoms with Crippen molar-refractivity contribution in [1.29, 1.82) is 0 Å². The average molecular weight is 302 g/mol. The van der Waals surface area contributed by atoms with Crippen LogP contribution in [0, 0.1) is 0 Å². The summed E-state index contributed by atoms with van der Waals surface area (Å²) < 4.78 is 5.37. The summed E-state index contributed by atoms with van der Waals surface area (Å²) in [6, 6.07) is 4.42. The van der Waals surface area contributed by atoms with E-state index in [2.05, 4.69) is 12.1 Å². The van der Waals surface area contributed by atoms with Crippen LogP contribution in [0.15, 0.2) is 12.1 Å². The molecule has 0 heterocycles. The summed E-state index contributed by atoms with van der Waals surface area (Å²) in [7, 11) is 1.76. The number of rotatable bonds is 4. The van der Waals surface area contributed by atoms with Gasteiger partial charge in [-0.15, -0.1) is 0 Å². The molecule has 0 saturated heterocycles. The van der Waals surface area contributed by atoms with Crippen molar-refractivity contribution in [2.45, 2.75) is 82.7 Å². The Balaban J connectivity index is 1.94. The molecule has 2 nitrogen and oxygen atoms in total. The zero-order valence-electron chi connectivity index (χ0n) is 13.9. The third kappa shape index (κ3) is 3.48. The number of phenolic OH excluding ortho intramolecular Hbond substituents is 1. The Labute approximate surface area is 134 Å². The van der Waals surface area contributed by atoms with Crippen LogP contribution in [-0.4, -0.2) is 12.2 Å². The highest BCUT2D eigenvalue weighted by molar-refractivity contribution is 5.47. The van der Waals surface area contributed by atoms with Gasteiger partial charge in [0, 0.05) is 7.11 Å². The minimum absolute atomic E-state index is 0.549. The average Bonchev–Trinajstić information content (AvgIpc) is 2.58. The lowest BCUT2D eigenvalue weighted by molar-refractivity contribution is 0.184. The van der Waals surface area contributed by atoms with E-state index in [9.17, 15) is 5.11 Å². The molecule has 0 amide bonds. The van der Waals surface area contributed by atoms with Crippen molar-refractivity contribution in [1.82, 2.24) is 0 Å². The lowest BCUT2D eigenvalue weighted by atomic mass is 9.78. The second-order valence-electron chi connectivity index (χ2n) is 7.23. The molecule has 2 heteroatoms. The van der Waals surface area contributed by atoms with Crippen LogP contribution in [0.25, 0.3) is 0 Å². The van der Waals surface area contributed by atoms with Gasteiger partial charge in [-0.05, 0) is 66.3 Å². The molecule has 3 rings (SSSR count). The Morgan fingerprint density at radius 2 is 1.32 bits per heavy atom. The molecule has 1 aromatic rings. The van der Waals surface area contributed by atoms with E-state index in [0.717, 1.165) is 0 Å². The van der Waals surface area contributed by atoms with Crippen LogP contribution in [0.2, 0.25) is 0 Å². The smallest absolute Gasteiger partial charge is 0.122 e. The number of benzene rings is 1. The van der Waals surface area contributed by atoms with Gasteiger partial charge in [-0.1, -0.05) is 38.5 Å². The molecule has 2 fully saturated rings. The molecule has 2 aliphatic rings. The molecule has 0 aromatic heterocycles. The van der Waals surface area contributed by atoms with Gasteiger partial charge in [0.15, 0.2) is 0 Å². The van der Waals surface area contributed by atoms with Crippen LogP contribution in [0.3, 0.4) is 0 Å². The monoisotopic (exact) mass is 302 g/mol. The van der Waals surface area contributed by atoms with Gasteiger partial charge in [-0.25, -0.2) is 0 Å². The Hall–Kier alpha value is -1.02. The Kier molecular flexibility index (Phi) is 5.41. The van der Waals surface area contributed by atoms with Crippen molar-refractivity contribution in [3.63, 3.8) is 0 Å². The second-order valence-corrected chi connectivity index (χ2v) is 7.23. The van der Waals surface area contributed by atoms with Gasteiger partial charge in [0.2, 0.25) is 0 Å². The molecule has 0 bridgehead atoms. The van der Waals surface area contributed by atoms with E-state index in [1.807, 2.05) is 0 Å². The molecule has 22 heavy (non-hydrogen) atoms. The first kappa shape index (κ1) is 15.9. The number of aromatic hydroxyl groups is 1. The fraction of sp³-hybridized carbons (Fsp3) is 0.700. The highest BCUT2D eigenvalue weighted by Gasteiger charge is 2.25. The fourth-order valence-corrected chi connectivity index (χ4v) is 4.44. The van der Waals surface area contributed by atoms with Gasteiger partial charge in [0.1, 0.15) is 5.75 Å². The quantitative estimate of drug-likeness (QED) is 0.780. The Morgan fingerprint density at radius 1 is 0.864 bits per heavy atom. The summed E-state index contributed by atoms with van der Waals surface area (Å²) in [6.45, 7) is 0.652. The normalized spacial score (nSPS) is 21.1. The van der Waals surface area contributed by atoms with E-state index < -0.39 is 0 Å². The highest BCUT2D eigenvalue weighted by atomic mass is 16.5. The zero-order valence-corrected chi connectivity index (χ0v) is 13.9. The molecule has 2 aliphatic carbocycles. The van der Waals surface area contributed by atoms with Crippen LogP contribution < -0.4 is 0 Å². The lowest BCUT2D eigenvalue weighted by Crippen LogP contribution is -2.10. The molecule has 0 radical (unpaired) electrons. The first-order chi connectivity index (χ1) is 10.8. The molecule has 0 spiro atoms. The van der Waals surface area contributed by atoms with E-state index in [1.54, 1.807) is 7.11 Å². The minimum atomic E-state index is 0.549. The maximum Gasteiger partial charge on any atom is 0.122 e. The molecular formula is C20H30O2. The predicted octanol–water partition coefficient (Wildman–Crippen LogP) is 5.63. The maximum atomic E-state index is 10.9. The van der Waals surface area contributed by atoms with Gasteiger partial charge in [-0.2, -0.15) is 0 Å². The van der Waals surface area contributed by atoms with Crippen molar-refractivity contribution in [2.75, 3.05) is 7.11 Å². The summed E-state index contributed by atoms with van der Waals surface area (Å²) in [5, 5.41) is 10.9. The molecule has 1 N–H and O–H groups in total. The number of phenols is 1. The third-order valence-electron chi connectivity index (χ3n) is 5.63. The topological polar surface area (TPSA) is 29.5 Å². The van der Waals surface area contributed by atoms with E-state index in [0.29, 0.717) is 24.2 Å². The van der Waals surface area contributed by atoms with Crippen molar-refractivity contribution < 1.29 is 9.84 Å². The highest BCUT2D eigenvalue weighted by Crippen LogP contribution is 2.44. The van der Waals surface area contributed by atoms with Gasteiger partial charge in [0.25, 0.3) is 0 Å². The van der Waals surface area contributed by atoms with E-state index in [4.69, 9.17) is 4.74 Å². The van der Waals surface area contributed by atoms with E-state index in [1.165, 1.54) is 80.9 Å². The van der Waals surface area contributed by atoms with Crippen molar-refractivity contribution in [2.24, 2.45) is 0 Å². The summed E-state index contributed by atoms with van der Waals surface area (Å²) in [5.74, 6) is 1.71. The molecule has 122 valence electrons. The number of hydrogen-bond donors (Lipinski definition) is 1. The van der Waals surface area contributed by atoms with Gasteiger partial charge < -0.3 is 9.84 Å². The van der Waals surface area contributed by atoms with Crippen molar-refractivity contribution in [3.8, 4) is 5.75 Å². The summed E-state index contributed by atoms with van der Waals surface area (Å²) in [4.78, 5) is 0. The molecule has 2 saturated carbocycles. The maximum absolute atomic E-state index is 10.9. The summed E-state index contributed by atoms with van der Waals surface area (Å²) >= 11 is 0. The largest absolute Gasteiger partial charge is 0.507 e. The van der Waals surface area contributed by atoms with E-state index >= 15 is 0 Å². The number of ether oxygens (including phenoxy) is 1. The van der Waals surface area contributed by atoms with Gasteiger partial charge in [0.05, 0.1) is 6.61 Å². The van der Waals surface area contributed by atoms with Crippen LogP contribution in [0.5, 0.6) is 5.75 Å². The standard InChI is InChI=1S/C20H30O2/c1-22-14-15-12-18(16-8-4-2-5-9-16)20(21)19(13-15)17-10-6-3-7-11-17/h12-13,16-17,21H,2-11,14H2,1H3. The Morgan fingerprint density at radius 3 is 1.73 bits per heavy atom. The van der Waals surface area contributed by atoms with Crippen LogP contribution in [0.1, 0.15) is 92.7 Å². The van der Waals surface area contributed by atoms with Crippen LogP contribution in [-0.2, 0) is 11.3 Å². The Bertz CT molecular complexity index is 443. The van der Waals surface area contributed by atoms with Gasteiger partial charge >= 0.3 is 0 Å². The lowest BCUT2D eigenvalue weighted by Gasteiger charge is -2.28. The molecule has 0 unspecified atom stereocenters. The predicted molar refractivity (Wildman–Crippen MR) is 90.5 cm³/mol. The van der Waals surface area contributed by atoms with Crippen LogP contribution in [0.4, 0.5) is 0 Å². The fourth-order valence-electron chi connectivity index (χ4n) is 4.44. The summed E-state index contributed by atoms with van der Waals surface area (Å²) in [6.07, 6.45) is 12.8. The SMILES string of the molecule is COCc1cc(C2CCCCC2)c(O)c(C2CCCCC2)c1. The second kappa shape index (κ2) is 7.50. The minimum Gasteiger partial charge on any atom is -0.507 e. The summed E-state index contributed by atoms with van der Waals surface area (Å²) in [5.41, 5.74) is 3.64. The van der Waals surface area contributed by atoms with E-state index in [-0.39, 0.29) is 0 Å². The van der Waals surface area contributed by atoms with Crippen molar-refractivity contribution in [3.05, 3.63) is 28.8 Å². The van der Waals surface area contributed by atoms with Gasteiger partial charge in [-0.3, -0.25) is 0 Å². The van der Waals surface area contributed by atoms with Crippen molar-refractivity contribution >= 4 is 0 Å². The zero-order chi connectivity index (χ0) is 15.4. The molecule has 0 atom stereocenters. The number of hydrogen-bond acceptors (Lipinski definition) is 2. The first-order valence-electron chi connectivity index (χ1n) is 9.14. The third-order valence-corrected chi connectivity index (χ3v) is 5.63. The first-order valence-corrected chi connectivity index (χ1v) is 9.14. The molecule has 0 aliphatic heterocycles. The molecule has 1 aromatic carbocycles. The molecular weight excluding hydrogens is 272 g/mol. The van der Waals surface area contributed by atoms with Crippen LogP contribution >= 0.6 is 0 Å². The number of methoxy groups -OCH3 is 1.